The Morgan fingerprint density at radius 2 is 1.78 bits per heavy atom. The molecule has 0 aliphatic carbocycles. The van der Waals surface area contributed by atoms with E-state index in [0.717, 1.165) is 12.8 Å². The van der Waals surface area contributed by atoms with Gasteiger partial charge in [0.25, 0.3) is 0 Å². The Hall–Kier alpha value is -2.37. The van der Waals surface area contributed by atoms with Crippen LogP contribution in [0.2, 0.25) is 0 Å². The highest BCUT2D eigenvalue weighted by molar-refractivity contribution is 6.05. The molecule has 0 aliphatic rings. The molecule has 1 atom stereocenters. The lowest BCUT2D eigenvalue weighted by atomic mass is 10.1. The first-order valence-electron chi connectivity index (χ1n) is 7.81. The van der Waals surface area contributed by atoms with E-state index in [2.05, 4.69) is 5.32 Å². The maximum atomic E-state index is 12.2. The van der Waals surface area contributed by atoms with Crippen LogP contribution in [0.25, 0.3) is 0 Å². The molecule has 1 aromatic rings. The number of carbonyl (C=O) groups is 3. The zero-order valence-electron chi connectivity index (χ0n) is 13.5. The van der Waals surface area contributed by atoms with Crippen LogP contribution < -0.4 is 10.1 Å². The molecular formula is C17H23NO5. The molecule has 23 heavy (non-hydrogen) atoms. The summed E-state index contributed by atoms with van der Waals surface area (Å²) < 4.78 is 9.89. The highest BCUT2D eigenvalue weighted by Crippen LogP contribution is 2.09. The Kier molecular flexibility index (Phi) is 8.42. The molecule has 0 saturated carbocycles. The number of esters is 1. The van der Waals surface area contributed by atoms with Crippen molar-refractivity contribution in [2.45, 2.75) is 45.6 Å². The van der Waals surface area contributed by atoms with Crippen LogP contribution in [0.5, 0.6) is 5.75 Å². The van der Waals surface area contributed by atoms with Gasteiger partial charge in [0.05, 0.1) is 6.61 Å². The topological polar surface area (TPSA) is 81.7 Å². The first kappa shape index (κ1) is 18.7. The summed E-state index contributed by atoms with van der Waals surface area (Å²) in [5.41, 5.74) is 0. The predicted molar refractivity (Wildman–Crippen MR) is 85.2 cm³/mol. The van der Waals surface area contributed by atoms with Crippen LogP contribution in [-0.4, -0.2) is 30.5 Å². The van der Waals surface area contributed by atoms with Crippen LogP contribution in [0.4, 0.5) is 4.79 Å². The van der Waals surface area contributed by atoms with Crippen LogP contribution in [0, 0.1) is 0 Å². The number of Topliss-reactive ketones (excluding diaryl/α,β-unsaturated/α-hetero) is 1. The molecule has 6 nitrogen and oxygen atoms in total. The number of benzene rings is 1. The molecule has 0 aliphatic heterocycles. The lowest BCUT2D eigenvalue weighted by Gasteiger charge is -2.16. The van der Waals surface area contributed by atoms with E-state index in [1.807, 2.05) is 6.92 Å². The average Bonchev–Trinajstić information content (AvgIpc) is 2.54. The molecular weight excluding hydrogens is 298 g/mol. The summed E-state index contributed by atoms with van der Waals surface area (Å²) in [6.07, 6.45) is 1.86. The molecule has 1 unspecified atom stereocenters. The van der Waals surface area contributed by atoms with Crippen molar-refractivity contribution in [3.63, 3.8) is 0 Å². The molecule has 1 amide bonds. The summed E-state index contributed by atoms with van der Waals surface area (Å²) in [5.74, 6) is -0.813. The maximum absolute atomic E-state index is 12.2. The van der Waals surface area contributed by atoms with E-state index < -0.39 is 18.1 Å². The zero-order chi connectivity index (χ0) is 17.1. The number of hydrogen-bond donors (Lipinski definition) is 1. The van der Waals surface area contributed by atoms with Crippen LogP contribution in [0.15, 0.2) is 30.3 Å². The molecule has 1 rings (SSSR count). The van der Waals surface area contributed by atoms with Gasteiger partial charge in [0, 0.05) is 6.42 Å². The fourth-order valence-electron chi connectivity index (χ4n) is 1.93. The summed E-state index contributed by atoms with van der Waals surface area (Å²) in [5, 5.41) is 2.29. The third-order valence-electron chi connectivity index (χ3n) is 3.09. The Bertz CT molecular complexity index is 515. The minimum Gasteiger partial charge on any atom is -0.464 e. The predicted octanol–water partition coefficient (Wildman–Crippen LogP) is 2.86. The standard InChI is InChI=1S/C17H23NO5/c1-3-5-7-12-14(19)15(16(20)22-4-2)18-17(21)23-13-10-8-6-9-11-13/h6,8-11,15H,3-5,7,12H2,1-2H3,(H,18,21). The minimum absolute atomic E-state index is 0.132. The highest BCUT2D eigenvalue weighted by atomic mass is 16.6. The molecule has 0 aromatic heterocycles. The maximum Gasteiger partial charge on any atom is 0.413 e. The third kappa shape index (κ3) is 6.95. The van der Waals surface area contributed by atoms with Crippen molar-refractivity contribution in [2.75, 3.05) is 6.61 Å². The lowest BCUT2D eigenvalue weighted by molar-refractivity contribution is -0.148. The lowest BCUT2D eigenvalue weighted by Crippen LogP contribution is -2.48. The second kappa shape index (κ2) is 10.4. The Balaban J connectivity index is 2.65. The van der Waals surface area contributed by atoms with Gasteiger partial charge >= 0.3 is 12.1 Å². The fourth-order valence-corrected chi connectivity index (χ4v) is 1.93. The Labute approximate surface area is 136 Å². The summed E-state index contributed by atoms with van der Waals surface area (Å²) in [7, 11) is 0. The zero-order valence-corrected chi connectivity index (χ0v) is 13.5. The normalized spacial score (nSPS) is 11.4. The highest BCUT2D eigenvalue weighted by Gasteiger charge is 2.29. The number of rotatable bonds is 9. The van der Waals surface area contributed by atoms with Crippen molar-refractivity contribution < 1.29 is 23.9 Å². The largest absolute Gasteiger partial charge is 0.464 e. The second-order valence-electron chi connectivity index (χ2n) is 4.96. The van der Waals surface area contributed by atoms with Crippen molar-refractivity contribution in [3.05, 3.63) is 30.3 Å². The number of hydrogen-bond acceptors (Lipinski definition) is 5. The monoisotopic (exact) mass is 321 g/mol. The van der Waals surface area contributed by atoms with E-state index in [1.54, 1.807) is 37.3 Å². The second-order valence-corrected chi connectivity index (χ2v) is 4.96. The van der Waals surface area contributed by atoms with Gasteiger partial charge in [0.1, 0.15) is 5.75 Å². The summed E-state index contributed by atoms with van der Waals surface area (Å²) in [6.45, 7) is 3.79. The molecule has 126 valence electrons. The van der Waals surface area contributed by atoms with Gasteiger partial charge < -0.3 is 14.8 Å². The molecule has 6 heteroatoms. The van der Waals surface area contributed by atoms with E-state index in [1.165, 1.54) is 0 Å². The van der Waals surface area contributed by atoms with E-state index in [4.69, 9.17) is 9.47 Å². The van der Waals surface area contributed by atoms with Crippen LogP contribution in [0.1, 0.15) is 39.5 Å². The van der Waals surface area contributed by atoms with Crippen molar-refractivity contribution in [1.82, 2.24) is 5.32 Å². The van der Waals surface area contributed by atoms with E-state index in [0.29, 0.717) is 12.2 Å². The van der Waals surface area contributed by atoms with Gasteiger partial charge in [-0.3, -0.25) is 4.79 Å². The van der Waals surface area contributed by atoms with Crippen molar-refractivity contribution in [1.29, 1.82) is 0 Å². The Morgan fingerprint density at radius 3 is 2.39 bits per heavy atom. The van der Waals surface area contributed by atoms with Crippen molar-refractivity contribution in [3.8, 4) is 5.75 Å². The number of para-hydroxylation sites is 1. The average molecular weight is 321 g/mol. The van der Waals surface area contributed by atoms with Gasteiger partial charge in [-0.05, 0) is 25.5 Å². The summed E-state index contributed by atoms with van der Waals surface area (Å²) in [4.78, 5) is 35.9. The van der Waals surface area contributed by atoms with Crippen molar-refractivity contribution >= 4 is 17.8 Å². The third-order valence-corrected chi connectivity index (χ3v) is 3.09. The summed E-state index contributed by atoms with van der Waals surface area (Å²) >= 11 is 0. The van der Waals surface area contributed by atoms with Crippen LogP contribution >= 0.6 is 0 Å². The SMILES string of the molecule is CCCCCC(=O)C(NC(=O)Oc1ccccc1)C(=O)OCC. The fraction of sp³-hybridized carbons (Fsp3) is 0.471. The van der Waals surface area contributed by atoms with Crippen molar-refractivity contribution in [2.24, 2.45) is 0 Å². The number of carbonyl (C=O) groups excluding carboxylic acids is 3. The Morgan fingerprint density at radius 1 is 1.09 bits per heavy atom. The molecule has 0 spiro atoms. The summed E-state index contributed by atoms with van der Waals surface area (Å²) in [6, 6.07) is 7.07. The molecule has 1 N–H and O–H groups in total. The van der Waals surface area contributed by atoms with Gasteiger partial charge in [-0.15, -0.1) is 0 Å². The quantitative estimate of drug-likeness (QED) is 0.430. The number of ketones is 1. The molecule has 1 aromatic carbocycles. The van der Waals surface area contributed by atoms with Crippen LogP contribution in [-0.2, 0) is 14.3 Å². The molecule has 0 bridgehead atoms. The number of unbranched alkanes of at least 4 members (excludes halogenated alkanes) is 2. The van der Waals surface area contributed by atoms with E-state index in [9.17, 15) is 14.4 Å². The van der Waals surface area contributed by atoms with Gasteiger partial charge in [0.15, 0.2) is 11.8 Å². The smallest absolute Gasteiger partial charge is 0.413 e. The number of amides is 1. The van der Waals surface area contributed by atoms with E-state index in [-0.39, 0.29) is 18.8 Å². The van der Waals surface area contributed by atoms with Gasteiger partial charge in [-0.1, -0.05) is 38.0 Å². The van der Waals surface area contributed by atoms with Gasteiger partial charge in [-0.2, -0.15) is 0 Å². The van der Waals surface area contributed by atoms with Crippen LogP contribution in [0.3, 0.4) is 0 Å². The van der Waals surface area contributed by atoms with Gasteiger partial charge in [-0.25, -0.2) is 9.59 Å². The van der Waals surface area contributed by atoms with E-state index >= 15 is 0 Å². The molecule has 0 heterocycles. The number of nitrogens with one attached hydrogen (secondary N) is 1. The molecule has 0 saturated heterocycles. The first-order chi connectivity index (χ1) is 11.1. The van der Waals surface area contributed by atoms with Gasteiger partial charge in [0.2, 0.25) is 0 Å². The molecule has 0 radical (unpaired) electrons. The first-order valence-corrected chi connectivity index (χ1v) is 7.81. The number of ether oxygens (including phenoxy) is 2. The molecule has 0 fully saturated rings. The minimum atomic E-state index is -1.33.